The van der Waals surface area contributed by atoms with Crippen molar-refractivity contribution in [3.8, 4) is 52.1 Å². The number of pyridine rings is 6. The van der Waals surface area contributed by atoms with E-state index >= 15 is 0 Å². The summed E-state index contributed by atoms with van der Waals surface area (Å²) in [6.45, 7) is 7.11. The summed E-state index contributed by atoms with van der Waals surface area (Å²) < 4.78 is 39.2. The highest BCUT2D eigenvalue weighted by atomic mass is 127. The van der Waals surface area contributed by atoms with E-state index in [0.29, 0.717) is 56.5 Å². The van der Waals surface area contributed by atoms with E-state index in [1.807, 2.05) is 24.3 Å². The molecule has 0 radical (unpaired) electrons. The summed E-state index contributed by atoms with van der Waals surface area (Å²) in [7, 11) is 11.9. The van der Waals surface area contributed by atoms with E-state index in [9.17, 15) is 0 Å². The van der Waals surface area contributed by atoms with Crippen molar-refractivity contribution in [1.82, 2.24) is 29.9 Å². The lowest BCUT2D eigenvalue weighted by molar-refractivity contribution is 0.342. The first-order chi connectivity index (χ1) is 30.6. The summed E-state index contributed by atoms with van der Waals surface area (Å²) >= 11 is 15.7. The highest BCUT2D eigenvalue weighted by Crippen LogP contribution is 2.28. The van der Waals surface area contributed by atoms with Crippen LogP contribution in [0.2, 0.25) is 0 Å². The third-order valence-corrected chi connectivity index (χ3v) is 10.1. The number of nitrogens with two attached hydrogens (primary N) is 1. The number of aromatic hydroxyl groups is 2. The zero-order valence-corrected chi connectivity index (χ0v) is 46.6. The maximum Gasteiger partial charge on any atom is 0.352 e. The van der Waals surface area contributed by atoms with Gasteiger partial charge >= 0.3 is 5.88 Å². The van der Waals surface area contributed by atoms with Gasteiger partial charge in [0.25, 0.3) is 17.6 Å². The summed E-state index contributed by atoms with van der Waals surface area (Å²) in [6.07, 6.45) is 1.60. The number of hydrogen-bond donors (Lipinski definition) is 4. The number of halogens is 6. The van der Waals surface area contributed by atoms with Crippen molar-refractivity contribution < 1.29 is 48.5 Å². The fourth-order valence-electron chi connectivity index (χ4n) is 3.70. The number of nitrogens with zero attached hydrogens (tertiary/aromatic N) is 7. The molecule has 6 aromatic heterocycles. The Hall–Kier alpha value is -3.86. The quantitative estimate of drug-likeness (QED) is 0.0631. The van der Waals surface area contributed by atoms with Gasteiger partial charge in [-0.05, 0) is 188 Å². The van der Waals surface area contributed by atoms with Crippen LogP contribution in [0.15, 0.2) is 92.8 Å². The number of aliphatic hydroxyl groups is 1. The first kappa shape index (κ1) is 60.1. The first-order valence-corrected chi connectivity index (χ1v) is 22.9. The van der Waals surface area contributed by atoms with Crippen molar-refractivity contribution in [2.45, 2.75) is 6.54 Å². The molecule has 6 aromatic rings. The van der Waals surface area contributed by atoms with Crippen LogP contribution < -0.4 is 38.9 Å². The molecule has 0 atom stereocenters. The molecule has 0 saturated heterocycles. The Morgan fingerprint density at radius 1 is 0.531 bits per heavy atom. The molecule has 0 saturated carbocycles. The van der Waals surface area contributed by atoms with Crippen molar-refractivity contribution in [2.24, 2.45) is 5.73 Å². The predicted octanol–water partition coefficient (Wildman–Crippen LogP) is 9.68. The first-order valence-electron chi connectivity index (χ1n) is 17.3. The zero-order valence-electron chi connectivity index (χ0n) is 35.4. The van der Waals surface area contributed by atoms with Gasteiger partial charge < -0.3 is 59.1 Å². The van der Waals surface area contributed by atoms with Crippen LogP contribution in [-0.2, 0) is 6.54 Å². The summed E-state index contributed by atoms with van der Waals surface area (Å²) in [5.41, 5.74) is 6.19. The van der Waals surface area contributed by atoms with Crippen LogP contribution in [0.5, 0.6) is 52.1 Å². The van der Waals surface area contributed by atoms with Crippen LogP contribution in [0.1, 0.15) is 5.69 Å². The molecule has 0 fully saturated rings. The Morgan fingerprint density at radius 3 is 1.36 bits per heavy atom. The molecule has 0 aliphatic carbocycles. The maximum atomic E-state index is 8.93. The van der Waals surface area contributed by atoms with Crippen molar-refractivity contribution in [1.29, 1.82) is 0 Å². The molecule has 6 rings (SSSR count). The second kappa shape index (κ2) is 35.4. The average Bonchev–Trinajstić information content (AvgIpc) is 3.32. The van der Waals surface area contributed by atoms with Crippen molar-refractivity contribution in [3.63, 3.8) is 0 Å². The normalized spacial score (nSPS) is 9.11. The van der Waals surface area contributed by atoms with Gasteiger partial charge in [-0.25, -0.2) is 24.9 Å². The minimum atomic E-state index is 0.174. The summed E-state index contributed by atoms with van der Waals surface area (Å²) in [5.74, 6) is 4.56. The number of rotatable bonds is 8. The molecule has 64 heavy (non-hydrogen) atoms. The zero-order chi connectivity index (χ0) is 48.6. The Kier molecular flexibility index (Phi) is 33.3. The second-order valence-electron chi connectivity index (χ2n) is 10.4. The Balaban J connectivity index is 0.000000741. The Bertz CT molecular complexity index is 2300. The topological polar surface area (TPSA) is 233 Å². The molecule has 0 amide bonds. The van der Waals surface area contributed by atoms with Crippen LogP contribution in [0, 0.1) is 17.7 Å². The SMILES string of the molecule is CO.COc1ccc(CN)nc1OC.COc1ccc(I)nc1Br.COc1ccc(I)nc1OC.Oc1ccc(I)nc1Br.Oc1cccnc1Br.[C-]#[N+]c1ccc(OC)c(OC)n1. The molecule has 0 unspecified atom stereocenters. The molecule has 0 aliphatic heterocycles. The van der Waals surface area contributed by atoms with E-state index in [2.05, 4.69) is 150 Å². The van der Waals surface area contributed by atoms with E-state index in [4.69, 9.17) is 60.8 Å². The number of methoxy groups -OCH3 is 7. The van der Waals surface area contributed by atoms with Crippen molar-refractivity contribution in [2.75, 3.05) is 56.9 Å². The highest BCUT2D eigenvalue weighted by Gasteiger charge is 2.09. The lowest BCUT2D eigenvalue weighted by atomic mass is 10.3. The second-order valence-corrected chi connectivity index (χ2v) is 16.0. The van der Waals surface area contributed by atoms with E-state index in [-0.39, 0.29) is 11.5 Å². The molecular formula is C40H44Br3I3N8O10. The van der Waals surface area contributed by atoms with Gasteiger partial charge in [0.1, 0.15) is 36.4 Å². The van der Waals surface area contributed by atoms with Gasteiger partial charge in [-0.3, -0.25) is 0 Å². The maximum absolute atomic E-state index is 8.93. The van der Waals surface area contributed by atoms with Gasteiger partial charge in [0, 0.05) is 19.9 Å². The third kappa shape index (κ3) is 23.4. The van der Waals surface area contributed by atoms with E-state index < -0.39 is 0 Å². The van der Waals surface area contributed by atoms with Gasteiger partial charge in [0.15, 0.2) is 17.2 Å². The molecule has 0 aliphatic rings. The van der Waals surface area contributed by atoms with Crippen molar-refractivity contribution >= 4 is 121 Å². The van der Waals surface area contributed by atoms with Crippen LogP contribution in [0.3, 0.4) is 0 Å². The Morgan fingerprint density at radius 2 is 0.953 bits per heavy atom. The Labute approximate surface area is 437 Å². The smallest absolute Gasteiger partial charge is 0.352 e. The molecule has 346 valence electrons. The molecule has 5 N–H and O–H groups in total. The lowest BCUT2D eigenvalue weighted by Crippen LogP contribution is -2.01. The van der Waals surface area contributed by atoms with Crippen LogP contribution in [0.25, 0.3) is 4.85 Å². The van der Waals surface area contributed by atoms with Crippen LogP contribution >= 0.6 is 116 Å². The van der Waals surface area contributed by atoms with E-state index in [0.717, 1.165) is 34.3 Å². The summed E-state index contributed by atoms with van der Waals surface area (Å²) in [6, 6.07) is 20.8. The number of aromatic nitrogens is 6. The largest absolute Gasteiger partial charge is 0.505 e. The minimum absolute atomic E-state index is 0.174. The molecule has 0 bridgehead atoms. The van der Waals surface area contributed by atoms with E-state index in [1.165, 1.54) is 14.2 Å². The minimum Gasteiger partial charge on any atom is -0.505 e. The average molecular weight is 1420 g/mol. The molecule has 18 nitrogen and oxygen atoms in total. The van der Waals surface area contributed by atoms with Gasteiger partial charge in [-0.2, -0.15) is 0 Å². The molecule has 0 aromatic carbocycles. The summed E-state index contributed by atoms with van der Waals surface area (Å²) in [4.78, 5) is 27.0. The third-order valence-electron chi connectivity index (χ3n) is 6.58. The highest BCUT2D eigenvalue weighted by molar-refractivity contribution is 14.1. The molecule has 24 heteroatoms. The molecule has 6 heterocycles. The molecular weight excluding hydrogens is 1370 g/mol. The number of ether oxygens (including phenoxy) is 7. The van der Waals surface area contributed by atoms with Gasteiger partial charge in [-0.15, -0.1) is 0 Å². The van der Waals surface area contributed by atoms with Gasteiger partial charge in [0.05, 0.1) is 55.5 Å². The van der Waals surface area contributed by atoms with Crippen molar-refractivity contribution in [3.05, 3.63) is 121 Å². The van der Waals surface area contributed by atoms with Crippen LogP contribution in [0.4, 0.5) is 5.82 Å². The number of aliphatic hydroxyl groups excluding tert-OH is 1. The fourth-order valence-corrected chi connectivity index (χ4v) is 6.67. The lowest BCUT2D eigenvalue weighted by Gasteiger charge is -2.06. The summed E-state index contributed by atoms with van der Waals surface area (Å²) in [5, 5.41) is 24.7. The monoisotopic (exact) mass is 1410 g/mol. The predicted molar refractivity (Wildman–Crippen MR) is 278 cm³/mol. The molecule has 0 spiro atoms. The van der Waals surface area contributed by atoms with Crippen LogP contribution in [-0.4, -0.2) is 102 Å². The van der Waals surface area contributed by atoms with Gasteiger partial charge in [0.2, 0.25) is 5.75 Å². The number of hydrogen-bond acceptors (Lipinski definition) is 17. The standard InChI is InChI=1S/C8H8N2O2.C8H12N2O2.C7H8INO2.C6H5BrINO.C5H3BrINO.C5H4BrNO.CH4O/c1-9-7-5-4-6(11-2)8(10-7)12-3;1-11-7-4-3-6(5-9)10-8(7)12-2;1-10-5-3-4-6(8)9-7(5)11-2;1-10-4-2-3-5(8)9-6(4)7;6-5-3(9)1-2-4(7)8-5;6-5-4(8)2-1-3-7-5;1-2/h4-5H,2-3H3;3-4H,5,9H2,1-2H3;3-4H,1-2H3;2-3H,1H3;1-2,9H;1-3,8H;2H,1H3. The van der Waals surface area contributed by atoms with Gasteiger partial charge in [-0.1, -0.05) is 11.6 Å². The van der Waals surface area contributed by atoms with E-state index in [1.54, 1.807) is 90.3 Å². The fraction of sp³-hybridized carbons (Fsp3) is 0.225.